The van der Waals surface area contributed by atoms with E-state index in [0.29, 0.717) is 10.7 Å². The Hall–Kier alpha value is -3.15. The molecule has 0 unspecified atom stereocenters. The molecule has 2 saturated heterocycles. The number of imide groups is 1. The third-order valence-corrected chi connectivity index (χ3v) is 6.37. The van der Waals surface area contributed by atoms with Gasteiger partial charge in [0.1, 0.15) is 5.92 Å². The molecule has 6 heteroatoms. The summed E-state index contributed by atoms with van der Waals surface area (Å²) in [6.07, 6.45) is -0.890. The van der Waals surface area contributed by atoms with E-state index in [-0.39, 0.29) is 11.8 Å². The molecule has 3 atom stereocenters. The summed E-state index contributed by atoms with van der Waals surface area (Å²) in [6.45, 7) is 3.89. The number of para-hydroxylation sites is 1. The zero-order valence-electron chi connectivity index (χ0n) is 17.2. The van der Waals surface area contributed by atoms with Gasteiger partial charge in [-0.2, -0.15) is 0 Å². The number of nitrogens with zero attached hydrogens (tertiary/aromatic N) is 2. The SMILES string of the molecule is Cc1ccc([C@H]2[C@H]3C(=O)N(c4ccc(C)c(Cl)c4)C(=O)[C@H]3ON2c2ccccc2)cc1. The second kappa shape index (κ2) is 7.52. The molecule has 31 heavy (non-hydrogen) atoms. The van der Waals surface area contributed by atoms with Crippen molar-refractivity contribution < 1.29 is 14.4 Å². The molecule has 0 bridgehead atoms. The normalized spacial score (nSPS) is 22.9. The van der Waals surface area contributed by atoms with Crippen molar-refractivity contribution in [3.05, 3.63) is 94.5 Å². The lowest BCUT2D eigenvalue weighted by molar-refractivity contribution is -0.126. The summed E-state index contributed by atoms with van der Waals surface area (Å²) in [7, 11) is 0. The van der Waals surface area contributed by atoms with E-state index in [0.717, 1.165) is 22.4 Å². The largest absolute Gasteiger partial charge is 0.273 e. The molecule has 0 radical (unpaired) electrons. The molecule has 3 aromatic rings. The second-order valence-electron chi connectivity index (χ2n) is 8.01. The Bertz CT molecular complexity index is 1160. The van der Waals surface area contributed by atoms with Crippen LogP contribution >= 0.6 is 11.6 Å². The maximum absolute atomic E-state index is 13.6. The van der Waals surface area contributed by atoms with E-state index in [2.05, 4.69) is 0 Å². The maximum atomic E-state index is 13.6. The van der Waals surface area contributed by atoms with Crippen molar-refractivity contribution in [2.45, 2.75) is 26.0 Å². The Morgan fingerprint density at radius 1 is 0.839 bits per heavy atom. The first-order chi connectivity index (χ1) is 15.0. The van der Waals surface area contributed by atoms with E-state index in [4.69, 9.17) is 16.4 Å². The van der Waals surface area contributed by atoms with Crippen LogP contribution in [0.1, 0.15) is 22.7 Å². The molecule has 2 aliphatic heterocycles. The molecule has 2 aliphatic rings. The van der Waals surface area contributed by atoms with Crippen LogP contribution in [0.3, 0.4) is 0 Å². The molecule has 2 heterocycles. The first kappa shape index (κ1) is 19.8. The number of hydrogen-bond donors (Lipinski definition) is 0. The quantitative estimate of drug-likeness (QED) is 0.546. The molecule has 2 amide bonds. The average molecular weight is 433 g/mol. The Balaban J connectivity index is 1.58. The summed E-state index contributed by atoms with van der Waals surface area (Å²) in [4.78, 5) is 34.2. The number of fused-ring (bicyclic) bond motifs is 1. The number of hydroxylamine groups is 1. The van der Waals surface area contributed by atoms with Crippen LogP contribution in [0.15, 0.2) is 72.8 Å². The van der Waals surface area contributed by atoms with Gasteiger partial charge in [0.05, 0.1) is 17.4 Å². The van der Waals surface area contributed by atoms with Crippen molar-refractivity contribution in [2.24, 2.45) is 5.92 Å². The number of halogens is 1. The van der Waals surface area contributed by atoms with Crippen LogP contribution in [-0.4, -0.2) is 17.9 Å². The highest BCUT2D eigenvalue weighted by molar-refractivity contribution is 6.32. The number of aryl methyl sites for hydroxylation is 2. The van der Waals surface area contributed by atoms with Gasteiger partial charge >= 0.3 is 0 Å². The highest BCUT2D eigenvalue weighted by Crippen LogP contribution is 2.47. The van der Waals surface area contributed by atoms with Crippen molar-refractivity contribution in [1.29, 1.82) is 0 Å². The first-order valence-corrected chi connectivity index (χ1v) is 10.5. The van der Waals surface area contributed by atoms with Crippen molar-refractivity contribution in [3.63, 3.8) is 0 Å². The third kappa shape index (κ3) is 3.21. The molecule has 5 rings (SSSR count). The minimum atomic E-state index is -0.890. The fraction of sp³-hybridized carbons (Fsp3) is 0.200. The van der Waals surface area contributed by atoms with E-state index in [9.17, 15) is 9.59 Å². The highest BCUT2D eigenvalue weighted by atomic mass is 35.5. The Morgan fingerprint density at radius 2 is 1.55 bits per heavy atom. The van der Waals surface area contributed by atoms with Gasteiger partial charge in [-0.1, -0.05) is 65.7 Å². The van der Waals surface area contributed by atoms with Crippen molar-refractivity contribution in [2.75, 3.05) is 9.96 Å². The number of anilines is 2. The molecule has 0 saturated carbocycles. The van der Waals surface area contributed by atoms with Gasteiger partial charge < -0.3 is 0 Å². The van der Waals surface area contributed by atoms with Gasteiger partial charge in [-0.25, -0.2) is 9.96 Å². The van der Waals surface area contributed by atoms with Crippen LogP contribution in [-0.2, 0) is 14.4 Å². The number of carbonyl (C=O) groups is 2. The van der Waals surface area contributed by atoms with Gasteiger partial charge in [-0.15, -0.1) is 0 Å². The number of carbonyl (C=O) groups excluding carboxylic acids is 2. The molecular formula is C25H21ClN2O3. The number of hydrogen-bond acceptors (Lipinski definition) is 4. The van der Waals surface area contributed by atoms with Gasteiger partial charge in [-0.3, -0.25) is 14.4 Å². The van der Waals surface area contributed by atoms with E-state index in [1.165, 1.54) is 4.90 Å². The number of benzene rings is 3. The highest BCUT2D eigenvalue weighted by Gasteiger charge is 2.60. The standard InChI is InChI=1S/C25H21ClN2O3/c1-15-8-11-17(12-9-15)22-21-23(31-28(22)18-6-4-3-5-7-18)25(30)27(24(21)29)19-13-10-16(2)20(26)14-19/h3-14,21-23H,1-2H3/t21-,22+,23+/m1/s1. The Labute approximate surface area is 185 Å². The van der Waals surface area contributed by atoms with Crippen LogP contribution in [0.5, 0.6) is 0 Å². The minimum Gasteiger partial charge on any atom is -0.273 e. The van der Waals surface area contributed by atoms with Crippen molar-refractivity contribution in [1.82, 2.24) is 0 Å². The van der Waals surface area contributed by atoms with E-state index < -0.39 is 18.1 Å². The summed E-state index contributed by atoms with van der Waals surface area (Å²) in [6, 6.07) is 22.3. The molecule has 5 nitrogen and oxygen atoms in total. The Kier molecular flexibility index (Phi) is 4.80. The van der Waals surface area contributed by atoms with Crippen LogP contribution in [0.4, 0.5) is 11.4 Å². The number of amides is 2. The lowest BCUT2D eigenvalue weighted by Gasteiger charge is -2.29. The van der Waals surface area contributed by atoms with E-state index in [1.807, 2.05) is 68.4 Å². The first-order valence-electron chi connectivity index (χ1n) is 10.2. The Morgan fingerprint density at radius 3 is 2.23 bits per heavy atom. The second-order valence-corrected chi connectivity index (χ2v) is 8.42. The van der Waals surface area contributed by atoms with Crippen LogP contribution in [0.2, 0.25) is 5.02 Å². The zero-order valence-corrected chi connectivity index (χ0v) is 17.9. The lowest BCUT2D eigenvalue weighted by Crippen LogP contribution is -2.37. The topological polar surface area (TPSA) is 49.9 Å². The van der Waals surface area contributed by atoms with Crippen LogP contribution < -0.4 is 9.96 Å². The lowest BCUT2D eigenvalue weighted by atomic mass is 9.90. The summed E-state index contributed by atoms with van der Waals surface area (Å²) >= 11 is 6.26. The van der Waals surface area contributed by atoms with Gasteiger partial charge in [0.2, 0.25) is 5.91 Å². The fourth-order valence-corrected chi connectivity index (χ4v) is 4.47. The van der Waals surface area contributed by atoms with Gasteiger partial charge in [0, 0.05) is 5.02 Å². The van der Waals surface area contributed by atoms with E-state index in [1.54, 1.807) is 23.3 Å². The molecule has 0 N–H and O–H groups in total. The monoisotopic (exact) mass is 432 g/mol. The molecule has 3 aromatic carbocycles. The fourth-order valence-electron chi connectivity index (χ4n) is 4.29. The van der Waals surface area contributed by atoms with Crippen LogP contribution in [0, 0.1) is 19.8 Å². The van der Waals surface area contributed by atoms with Gasteiger partial charge in [-0.05, 0) is 49.2 Å². The minimum absolute atomic E-state index is 0.279. The maximum Gasteiger partial charge on any atom is 0.266 e. The molecule has 156 valence electrons. The summed E-state index contributed by atoms with van der Waals surface area (Å²) < 4.78 is 0. The van der Waals surface area contributed by atoms with Crippen molar-refractivity contribution >= 4 is 34.8 Å². The van der Waals surface area contributed by atoms with E-state index >= 15 is 0 Å². The van der Waals surface area contributed by atoms with Crippen molar-refractivity contribution in [3.8, 4) is 0 Å². The summed E-state index contributed by atoms with van der Waals surface area (Å²) in [5.41, 5.74) is 4.20. The number of rotatable bonds is 3. The summed E-state index contributed by atoms with van der Waals surface area (Å²) in [5.74, 6) is -1.31. The molecule has 0 aliphatic carbocycles. The average Bonchev–Trinajstić information content (AvgIpc) is 3.28. The molecule has 0 spiro atoms. The summed E-state index contributed by atoms with van der Waals surface area (Å²) in [5, 5.41) is 2.21. The molecular weight excluding hydrogens is 412 g/mol. The van der Waals surface area contributed by atoms with Crippen LogP contribution in [0.25, 0.3) is 0 Å². The smallest absolute Gasteiger partial charge is 0.266 e. The van der Waals surface area contributed by atoms with Gasteiger partial charge in [0.25, 0.3) is 5.91 Å². The molecule has 2 fully saturated rings. The van der Waals surface area contributed by atoms with Gasteiger partial charge in [0.15, 0.2) is 6.10 Å². The molecule has 0 aromatic heterocycles. The zero-order chi connectivity index (χ0) is 21.7. The third-order valence-electron chi connectivity index (χ3n) is 5.96. The predicted octanol–water partition coefficient (Wildman–Crippen LogP) is 5.01. The predicted molar refractivity (Wildman–Crippen MR) is 120 cm³/mol.